The average Bonchev–Trinajstić information content (AvgIpc) is 2.33. The number of rotatable bonds is 3. The molecule has 0 heterocycles. The van der Waals surface area contributed by atoms with Crippen molar-refractivity contribution in [2.45, 2.75) is 6.92 Å². The monoisotopic (exact) mass is 321 g/mol. The van der Waals surface area contributed by atoms with Crippen molar-refractivity contribution in [3.63, 3.8) is 0 Å². The number of carboxylic acid groups (broad SMARTS) is 1. The van der Waals surface area contributed by atoms with E-state index in [4.69, 9.17) is 15.6 Å². The summed E-state index contributed by atoms with van der Waals surface area (Å²) in [5.41, 5.74) is 6.90. The van der Waals surface area contributed by atoms with Gasteiger partial charge in [0.25, 0.3) is 0 Å². The standard InChI is InChI=1S/C14H12BrNO3/c1-8-2-3-9(15)6-13(8)19-10-4-5-11(14(17)18)12(16)7-10/h2-7H,16H2,1H3,(H,17,18). The fourth-order valence-electron chi connectivity index (χ4n) is 1.61. The van der Waals surface area contributed by atoms with Crippen molar-refractivity contribution < 1.29 is 14.6 Å². The minimum Gasteiger partial charge on any atom is -0.478 e. The number of halogens is 1. The Kier molecular flexibility index (Phi) is 3.76. The maximum Gasteiger partial charge on any atom is 0.337 e. The van der Waals surface area contributed by atoms with Crippen LogP contribution in [0.1, 0.15) is 15.9 Å². The number of carbonyl (C=O) groups is 1. The molecule has 0 bridgehead atoms. The van der Waals surface area contributed by atoms with Gasteiger partial charge < -0.3 is 15.6 Å². The molecule has 98 valence electrons. The predicted octanol–water partition coefficient (Wildman–Crippen LogP) is 3.83. The van der Waals surface area contributed by atoms with Crippen LogP contribution in [0.25, 0.3) is 0 Å². The lowest BCUT2D eigenvalue weighted by atomic mass is 10.1. The number of hydrogen-bond acceptors (Lipinski definition) is 3. The fraction of sp³-hybridized carbons (Fsp3) is 0.0714. The van der Waals surface area contributed by atoms with Crippen molar-refractivity contribution in [3.8, 4) is 11.5 Å². The molecule has 5 heteroatoms. The number of aromatic carboxylic acids is 1. The Morgan fingerprint density at radius 1 is 1.26 bits per heavy atom. The van der Waals surface area contributed by atoms with Crippen LogP contribution < -0.4 is 10.5 Å². The third kappa shape index (κ3) is 3.06. The van der Waals surface area contributed by atoms with Gasteiger partial charge in [-0.2, -0.15) is 0 Å². The van der Waals surface area contributed by atoms with E-state index in [0.29, 0.717) is 11.5 Å². The summed E-state index contributed by atoms with van der Waals surface area (Å²) >= 11 is 3.37. The van der Waals surface area contributed by atoms with E-state index in [1.165, 1.54) is 12.1 Å². The van der Waals surface area contributed by atoms with E-state index in [1.807, 2.05) is 25.1 Å². The zero-order valence-electron chi connectivity index (χ0n) is 10.2. The SMILES string of the molecule is Cc1ccc(Br)cc1Oc1ccc(C(=O)O)c(N)c1. The fourth-order valence-corrected chi connectivity index (χ4v) is 1.95. The van der Waals surface area contributed by atoms with Gasteiger partial charge in [-0.25, -0.2) is 4.79 Å². The molecule has 0 fully saturated rings. The van der Waals surface area contributed by atoms with E-state index in [9.17, 15) is 4.79 Å². The third-order valence-corrected chi connectivity index (χ3v) is 3.12. The summed E-state index contributed by atoms with van der Waals surface area (Å²) in [6, 6.07) is 10.2. The van der Waals surface area contributed by atoms with Gasteiger partial charge in [-0.15, -0.1) is 0 Å². The van der Waals surface area contributed by atoms with Gasteiger partial charge in [-0.3, -0.25) is 0 Å². The molecule has 0 radical (unpaired) electrons. The molecule has 0 aliphatic heterocycles. The Labute approximate surface area is 118 Å². The number of hydrogen-bond donors (Lipinski definition) is 2. The molecule has 3 N–H and O–H groups in total. The van der Waals surface area contributed by atoms with Gasteiger partial charge in [0.1, 0.15) is 11.5 Å². The molecule has 19 heavy (non-hydrogen) atoms. The highest BCUT2D eigenvalue weighted by molar-refractivity contribution is 9.10. The van der Waals surface area contributed by atoms with Gasteiger partial charge in [-0.05, 0) is 36.8 Å². The lowest BCUT2D eigenvalue weighted by Crippen LogP contribution is -2.02. The van der Waals surface area contributed by atoms with Gasteiger partial charge in [0.15, 0.2) is 0 Å². The number of nitrogens with two attached hydrogens (primary N) is 1. The zero-order chi connectivity index (χ0) is 14.0. The molecule has 0 amide bonds. The van der Waals surface area contributed by atoms with Crippen molar-refractivity contribution in [1.29, 1.82) is 0 Å². The zero-order valence-corrected chi connectivity index (χ0v) is 11.8. The van der Waals surface area contributed by atoms with Crippen molar-refractivity contribution >= 4 is 27.6 Å². The molecular weight excluding hydrogens is 310 g/mol. The first-order chi connectivity index (χ1) is 8.97. The van der Waals surface area contributed by atoms with Crippen LogP contribution in [0, 0.1) is 6.92 Å². The lowest BCUT2D eigenvalue weighted by Gasteiger charge is -2.10. The van der Waals surface area contributed by atoms with Crippen molar-refractivity contribution in [3.05, 3.63) is 52.0 Å². The van der Waals surface area contributed by atoms with Gasteiger partial charge in [0.2, 0.25) is 0 Å². The normalized spacial score (nSPS) is 10.2. The Morgan fingerprint density at radius 2 is 2.00 bits per heavy atom. The minimum atomic E-state index is -1.05. The Morgan fingerprint density at radius 3 is 2.63 bits per heavy atom. The van der Waals surface area contributed by atoms with Crippen LogP contribution in [0.5, 0.6) is 11.5 Å². The molecule has 0 aromatic heterocycles. The summed E-state index contributed by atoms with van der Waals surface area (Å²) in [6.07, 6.45) is 0. The van der Waals surface area contributed by atoms with Crippen LogP contribution in [-0.2, 0) is 0 Å². The predicted molar refractivity (Wildman–Crippen MR) is 76.8 cm³/mol. The molecule has 0 spiro atoms. The van der Waals surface area contributed by atoms with Gasteiger partial charge in [-0.1, -0.05) is 22.0 Å². The highest BCUT2D eigenvalue weighted by Gasteiger charge is 2.09. The first kappa shape index (κ1) is 13.4. The molecule has 0 aliphatic rings. The van der Waals surface area contributed by atoms with E-state index >= 15 is 0 Å². The minimum absolute atomic E-state index is 0.0679. The second kappa shape index (κ2) is 5.32. The Balaban J connectivity index is 2.31. The number of aryl methyl sites for hydroxylation is 1. The molecule has 0 aliphatic carbocycles. The lowest BCUT2D eigenvalue weighted by molar-refractivity contribution is 0.0698. The third-order valence-electron chi connectivity index (χ3n) is 2.63. The Hall–Kier alpha value is -2.01. The molecule has 0 unspecified atom stereocenters. The molecule has 4 nitrogen and oxygen atoms in total. The smallest absolute Gasteiger partial charge is 0.337 e. The van der Waals surface area contributed by atoms with Crippen molar-refractivity contribution in [1.82, 2.24) is 0 Å². The first-order valence-corrected chi connectivity index (χ1v) is 6.33. The van der Waals surface area contributed by atoms with Crippen LogP contribution in [0.2, 0.25) is 0 Å². The maximum absolute atomic E-state index is 10.9. The topological polar surface area (TPSA) is 72.5 Å². The summed E-state index contributed by atoms with van der Waals surface area (Å²) in [5.74, 6) is 0.142. The molecule has 2 rings (SSSR count). The van der Waals surface area contributed by atoms with Crippen LogP contribution in [0.3, 0.4) is 0 Å². The maximum atomic E-state index is 10.9. The number of ether oxygens (including phenoxy) is 1. The number of carboxylic acids is 1. The summed E-state index contributed by atoms with van der Waals surface area (Å²) in [5, 5.41) is 8.90. The Bertz CT molecular complexity index is 641. The average molecular weight is 322 g/mol. The highest BCUT2D eigenvalue weighted by atomic mass is 79.9. The van der Waals surface area contributed by atoms with E-state index in [2.05, 4.69) is 15.9 Å². The quantitative estimate of drug-likeness (QED) is 0.843. The number of benzene rings is 2. The summed E-state index contributed by atoms with van der Waals surface area (Å²) in [7, 11) is 0. The van der Waals surface area contributed by atoms with Gasteiger partial charge >= 0.3 is 5.97 Å². The van der Waals surface area contributed by atoms with Crippen LogP contribution >= 0.6 is 15.9 Å². The van der Waals surface area contributed by atoms with Gasteiger partial charge in [0, 0.05) is 16.2 Å². The highest BCUT2D eigenvalue weighted by Crippen LogP contribution is 2.29. The molecule has 0 saturated carbocycles. The van der Waals surface area contributed by atoms with Crippen molar-refractivity contribution in [2.75, 3.05) is 5.73 Å². The molecular formula is C14H12BrNO3. The first-order valence-electron chi connectivity index (χ1n) is 5.54. The second-order valence-corrected chi connectivity index (χ2v) is 4.98. The van der Waals surface area contributed by atoms with Crippen LogP contribution in [-0.4, -0.2) is 11.1 Å². The van der Waals surface area contributed by atoms with Gasteiger partial charge in [0.05, 0.1) is 5.56 Å². The van der Waals surface area contributed by atoms with Crippen molar-refractivity contribution in [2.24, 2.45) is 0 Å². The molecule has 2 aromatic carbocycles. The molecule has 0 atom stereocenters. The number of nitrogen functional groups attached to an aromatic ring is 1. The molecule has 2 aromatic rings. The second-order valence-electron chi connectivity index (χ2n) is 4.07. The summed E-state index contributed by atoms with van der Waals surface area (Å²) < 4.78 is 6.61. The van der Waals surface area contributed by atoms with E-state index in [1.54, 1.807) is 6.07 Å². The largest absolute Gasteiger partial charge is 0.478 e. The van der Waals surface area contributed by atoms with E-state index in [0.717, 1.165) is 10.0 Å². The molecule has 0 saturated heterocycles. The van der Waals surface area contributed by atoms with Crippen LogP contribution in [0.4, 0.5) is 5.69 Å². The summed E-state index contributed by atoms with van der Waals surface area (Å²) in [6.45, 7) is 1.93. The van der Waals surface area contributed by atoms with Crippen LogP contribution in [0.15, 0.2) is 40.9 Å². The van der Waals surface area contributed by atoms with E-state index < -0.39 is 5.97 Å². The van der Waals surface area contributed by atoms with E-state index in [-0.39, 0.29) is 11.3 Å². The number of anilines is 1. The summed E-state index contributed by atoms with van der Waals surface area (Å²) in [4.78, 5) is 10.9.